The van der Waals surface area contributed by atoms with Crippen molar-refractivity contribution in [2.45, 2.75) is 45.1 Å². The summed E-state index contributed by atoms with van der Waals surface area (Å²) in [4.78, 5) is 35.2. The van der Waals surface area contributed by atoms with Gasteiger partial charge in [0.05, 0.1) is 11.3 Å². The van der Waals surface area contributed by atoms with E-state index in [-0.39, 0.29) is 29.3 Å². The molecular weight excluding hydrogens is 502 g/mol. The van der Waals surface area contributed by atoms with Crippen LogP contribution in [-0.4, -0.2) is 32.0 Å². The molecule has 1 aliphatic rings. The molecule has 1 fully saturated rings. The van der Waals surface area contributed by atoms with E-state index in [0.717, 1.165) is 30.4 Å². The SMILES string of the molecule is Cc1cccc(C2(CNC(=O)c3c(C)cccc3OCc3cc(=O)n4[nH]c(-c5ccccc5)nc4n3)CCC2)c1. The third-order valence-electron chi connectivity index (χ3n) is 7.80. The number of benzene rings is 3. The lowest BCUT2D eigenvalue weighted by Crippen LogP contribution is -2.45. The van der Waals surface area contributed by atoms with Gasteiger partial charge < -0.3 is 10.1 Å². The van der Waals surface area contributed by atoms with Gasteiger partial charge in [0.2, 0.25) is 0 Å². The molecule has 0 unspecified atom stereocenters. The van der Waals surface area contributed by atoms with Crippen LogP contribution >= 0.6 is 0 Å². The van der Waals surface area contributed by atoms with Crippen molar-refractivity contribution < 1.29 is 9.53 Å². The second kappa shape index (κ2) is 10.4. The van der Waals surface area contributed by atoms with Gasteiger partial charge in [0.25, 0.3) is 17.2 Å². The first-order chi connectivity index (χ1) is 19.4. The van der Waals surface area contributed by atoms with E-state index in [1.807, 2.05) is 49.4 Å². The molecule has 0 aliphatic heterocycles. The van der Waals surface area contributed by atoms with E-state index < -0.39 is 0 Å². The fourth-order valence-electron chi connectivity index (χ4n) is 5.41. The Bertz CT molecular complexity index is 1750. The van der Waals surface area contributed by atoms with Crippen molar-refractivity contribution >= 4 is 11.7 Å². The van der Waals surface area contributed by atoms with Crippen molar-refractivity contribution in [2.24, 2.45) is 0 Å². The van der Waals surface area contributed by atoms with Gasteiger partial charge in [-0.3, -0.25) is 14.7 Å². The van der Waals surface area contributed by atoms with E-state index in [9.17, 15) is 9.59 Å². The maximum Gasteiger partial charge on any atom is 0.274 e. The van der Waals surface area contributed by atoms with Gasteiger partial charge in [-0.1, -0.05) is 78.7 Å². The molecule has 0 atom stereocenters. The average Bonchev–Trinajstić information content (AvgIpc) is 3.37. The summed E-state index contributed by atoms with van der Waals surface area (Å²) in [6.45, 7) is 4.59. The van der Waals surface area contributed by atoms with Crippen LogP contribution < -0.4 is 15.6 Å². The molecule has 1 amide bonds. The third-order valence-corrected chi connectivity index (χ3v) is 7.80. The van der Waals surface area contributed by atoms with Gasteiger partial charge in [0, 0.05) is 23.6 Å². The number of carbonyl (C=O) groups excluding carboxylic acids is 1. The normalized spacial score (nSPS) is 14.1. The summed E-state index contributed by atoms with van der Waals surface area (Å²) in [5, 5.41) is 6.19. The minimum absolute atomic E-state index is 0.0240. The molecule has 0 radical (unpaired) electrons. The van der Waals surface area contributed by atoms with Gasteiger partial charge in [-0.05, 0) is 43.9 Å². The summed E-state index contributed by atoms with van der Waals surface area (Å²) in [6, 6.07) is 25.1. The van der Waals surface area contributed by atoms with Crippen LogP contribution in [0, 0.1) is 13.8 Å². The maximum absolute atomic E-state index is 13.5. The van der Waals surface area contributed by atoms with Gasteiger partial charge in [-0.2, -0.15) is 9.50 Å². The van der Waals surface area contributed by atoms with Crippen molar-refractivity contribution in [1.82, 2.24) is 24.9 Å². The van der Waals surface area contributed by atoms with Gasteiger partial charge in [0.1, 0.15) is 12.4 Å². The molecular formula is C32H31N5O3. The largest absolute Gasteiger partial charge is 0.486 e. The number of fused-ring (bicyclic) bond motifs is 1. The molecule has 202 valence electrons. The average molecular weight is 534 g/mol. The number of amides is 1. The van der Waals surface area contributed by atoms with E-state index in [2.05, 4.69) is 51.6 Å². The molecule has 5 aromatic rings. The van der Waals surface area contributed by atoms with Gasteiger partial charge in [-0.15, -0.1) is 0 Å². The molecule has 0 bridgehead atoms. The summed E-state index contributed by atoms with van der Waals surface area (Å²) in [7, 11) is 0. The second-order valence-electron chi connectivity index (χ2n) is 10.6. The fourth-order valence-corrected chi connectivity index (χ4v) is 5.41. The Balaban J connectivity index is 1.20. The smallest absolute Gasteiger partial charge is 0.274 e. The fraction of sp³-hybridized carbons (Fsp3) is 0.250. The van der Waals surface area contributed by atoms with Gasteiger partial charge in [0.15, 0.2) is 5.82 Å². The lowest BCUT2D eigenvalue weighted by molar-refractivity contribution is 0.0922. The number of aryl methyl sites for hydroxylation is 2. The summed E-state index contributed by atoms with van der Waals surface area (Å²) >= 11 is 0. The van der Waals surface area contributed by atoms with Crippen LogP contribution in [0.15, 0.2) is 83.7 Å². The van der Waals surface area contributed by atoms with Crippen LogP contribution in [0.25, 0.3) is 17.2 Å². The number of rotatable bonds is 8. The Morgan fingerprint density at radius 2 is 1.80 bits per heavy atom. The minimum Gasteiger partial charge on any atom is -0.486 e. The number of carbonyl (C=O) groups is 1. The van der Waals surface area contributed by atoms with E-state index in [4.69, 9.17) is 4.74 Å². The predicted molar refractivity (Wildman–Crippen MR) is 154 cm³/mol. The van der Waals surface area contributed by atoms with Crippen molar-refractivity contribution in [3.05, 3.63) is 117 Å². The third kappa shape index (κ3) is 4.88. The van der Waals surface area contributed by atoms with Crippen LogP contribution in [0.4, 0.5) is 0 Å². The highest BCUT2D eigenvalue weighted by molar-refractivity contribution is 5.98. The van der Waals surface area contributed by atoms with Crippen LogP contribution in [0.1, 0.15) is 52.0 Å². The summed E-state index contributed by atoms with van der Waals surface area (Å²) < 4.78 is 7.39. The monoisotopic (exact) mass is 533 g/mol. The quantitative estimate of drug-likeness (QED) is 0.288. The molecule has 1 aliphatic carbocycles. The van der Waals surface area contributed by atoms with E-state index in [1.165, 1.54) is 21.7 Å². The molecule has 2 N–H and O–H groups in total. The molecule has 8 nitrogen and oxygen atoms in total. The van der Waals surface area contributed by atoms with Crippen molar-refractivity contribution in [2.75, 3.05) is 6.54 Å². The zero-order chi connectivity index (χ0) is 27.7. The second-order valence-corrected chi connectivity index (χ2v) is 10.6. The number of hydrogen-bond acceptors (Lipinski definition) is 5. The Hall–Kier alpha value is -4.72. The Morgan fingerprint density at radius 3 is 2.55 bits per heavy atom. The molecule has 1 saturated carbocycles. The summed E-state index contributed by atoms with van der Waals surface area (Å²) in [5.74, 6) is 1.09. The molecule has 0 spiro atoms. The molecule has 2 heterocycles. The number of nitrogens with zero attached hydrogens (tertiary/aromatic N) is 3. The zero-order valence-electron chi connectivity index (χ0n) is 22.6. The van der Waals surface area contributed by atoms with E-state index in [0.29, 0.717) is 29.4 Å². The lowest BCUT2D eigenvalue weighted by atomic mass is 9.64. The van der Waals surface area contributed by atoms with Crippen molar-refractivity contribution in [3.8, 4) is 17.1 Å². The number of aromatic amines is 1. The number of nitrogens with one attached hydrogen (secondary N) is 2. The van der Waals surface area contributed by atoms with Crippen LogP contribution in [0.3, 0.4) is 0 Å². The molecule has 3 aromatic carbocycles. The first-order valence-electron chi connectivity index (χ1n) is 13.5. The molecule has 6 rings (SSSR count). The topological polar surface area (TPSA) is 101 Å². The highest BCUT2D eigenvalue weighted by Gasteiger charge is 2.39. The number of ether oxygens (including phenoxy) is 1. The number of aromatic nitrogens is 4. The standard InChI is InChI=1S/C32H31N5O3/c1-21-9-6-13-24(17-21)32(15-8-16-32)20-33-30(39)28-22(2)10-7-14-26(28)40-19-25-18-27(38)37-31(34-25)35-29(36-37)23-11-4-3-5-12-23/h3-7,9-14,17-18H,8,15-16,19-20H2,1-2H3,(H,33,39)(H,34,35,36). The van der Waals surface area contributed by atoms with Gasteiger partial charge >= 0.3 is 0 Å². The number of H-pyrrole nitrogens is 1. The Labute approximate surface area is 232 Å². The van der Waals surface area contributed by atoms with E-state index >= 15 is 0 Å². The Kier molecular flexibility index (Phi) is 6.67. The first-order valence-corrected chi connectivity index (χ1v) is 13.5. The highest BCUT2D eigenvalue weighted by atomic mass is 16.5. The van der Waals surface area contributed by atoms with E-state index in [1.54, 1.807) is 6.07 Å². The minimum atomic E-state index is -0.289. The highest BCUT2D eigenvalue weighted by Crippen LogP contribution is 2.43. The maximum atomic E-state index is 13.5. The summed E-state index contributed by atoms with van der Waals surface area (Å²) in [5.41, 5.74) is 4.77. The van der Waals surface area contributed by atoms with Crippen molar-refractivity contribution in [1.29, 1.82) is 0 Å². The van der Waals surface area contributed by atoms with Crippen LogP contribution in [0.2, 0.25) is 0 Å². The van der Waals surface area contributed by atoms with Crippen LogP contribution in [0.5, 0.6) is 5.75 Å². The first kappa shape index (κ1) is 25.6. The molecule has 8 heteroatoms. The zero-order valence-corrected chi connectivity index (χ0v) is 22.6. The van der Waals surface area contributed by atoms with Gasteiger partial charge in [-0.25, -0.2) is 4.98 Å². The number of hydrogen-bond donors (Lipinski definition) is 2. The van der Waals surface area contributed by atoms with Crippen molar-refractivity contribution in [3.63, 3.8) is 0 Å². The predicted octanol–water partition coefficient (Wildman–Crippen LogP) is 5.13. The molecule has 40 heavy (non-hydrogen) atoms. The summed E-state index contributed by atoms with van der Waals surface area (Å²) in [6.07, 6.45) is 3.26. The molecule has 0 saturated heterocycles. The Morgan fingerprint density at radius 1 is 1.00 bits per heavy atom. The molecule has 2 aromatic heterocycles. The van der Waals surface area contributed by atoms with Crippen LogP contribution in [-0.2, 0) is 12.0 Å². The lowest BCUT2D eigenvalue weighted by Gasteiger charge is -2.43.